The zero-order valence-corrected chi connectivity index (χ0v) is 12.0. The number of carbonyl (C=O) groups excluding carboxylic acids is 1. The van der Waals surface area contributed by atoms with Crippen LogP contribution in [0.1, 0.15) is 42.6 Å². The minimum atomic E-state index is 0.00838. The molecule has 0 heterocycles. The van der Waals surface area contributed by atoms with Crippen LogP contribution in [-0.4, -0.2) is 28.9 Å². The average molecular weight is 264 g/mol. The maximum atomic E-state index is 12.3. The number of amides is 1. The van der Waals surface area contributed by atoms with Crippen LogP contribution < -0.4 is 5.73 Å². The molecule has 2 N–H and O–H groups in total. The van der Waals surface area contributed by atoms with Crippen LogP contribution in [0.25, 0.3) is 0 Å². The molecule has 0 aliphatic heterocycles. The molecule has 0 aliphatic carbocycles. The molecule has 18 heavy (non-hydrogen) atoms. The number of hydrogen-bond acceptors (Lipinski definition) is 2. The highest BCUT2D eigenvalue weighted by Gasteiger charge is 2.17. The SMILES string of the molecule is CCCC(C)N(C)C(=O)c1cccc(C(N)=S)c1. The average Bonchev–Trinajstić information content (AvgIpc) is 2.37. The van der Waals surface area contributed by atoms with E-state index in [4.69, 9.17) is 18.0 Å². The van der Waals surface area contributed by atoms with E-state index in [0.717, 1.165) is 18.4 Å². The minimum absolute atomic E-state index is 0.00838. The molecule has 0 radical (unpaired) electrons. The topological polar surface area (TPSA) is 46.3 Å². The first-order valence-electron chi connectivity index (χ1n) is 6.14. The predicted molar refractivity (Wildman–Crippen MR) is 78.8 cm³/mol. The Morgan fingerprint density at radius 2 is 2.06 bits per heavy atom. The molecule has 0 fully saturated rings. The summed E-state index contributed by atoms with van der Waals surface area (Å²) in [4.78, 5) is 14.4. The zero-order valence-electron chi connectivity index (χ0n) is 11.1. The van der Waals surface area contributed by atoms with Gasteiger partial charge in [0.2, 0.25) is 0 Å². The first-order chi connectivity index (χ1) is 8.47. The molecule has 1 aromatic rings. The Hall–Kier alpha value is -1.42. The Balaban J connectivity index is 2.89. The van der Waals surface area contributed by atoms with Gasteiger partial charge in [-0.25, -0.2) is 0 Å². The van der Waals surface area contributed by atoms with E-state index in [9.17, 15) is 4.79 Å². The van der Waals surface area contributed by atoms with Crippen LogP contribution >= 0.6 is 12.2 Å². The lowest BCUT2D eigenvalue weighted by Gasteiger charge is -2.24. The highest BCUT2D eigenvalue weighted by molar-refractivity contribution is 7.80. The van der Waals surface area contributed by atoms with E-state index in [1.54, 1.807) is 23.1 Å². The Kier molecular flexibility index (Phi) is 5.28. The van der Waals surface area contributed by atoms with Crippen molar-refractivity contribution in [3.63, 3.8) is 0 Å². The molecule has 4 heteroatoms. The zero-order chi connectivity index (χ0) is 13.7. The fourth-order valence-corrected chi connectivity index (χ4v) is 1.95. The van der Waals surface area contributed by atoms with Crippen LogP contribution in [0, 0.1) is 0 Å². The van der Waals surface area contributed by atoms with Crippen molar-refractivity contribution in [2.24, 2.45) is 5.73 Å². The molecular weight excluding hydrogens is 244 g/mol. The molecule has 0 saturated heterocycles. The van der Waals surface area contributed by atoms with Crippen LogP contribution in [-0.2, 0) is 0 Å². The number of nitrogens with zero attached hydrogens (tertiary/aromatic N) is 1. The van der Waals surface area contributed by atoms with Gasteiger partial charge >= 0.3 is 0 Å². The summed E-state index contributed by atoms with van der Waals surface area (Å²) < 4.78 is 0. The van der Waals surface area contributed by atoms with Crippen molar-refractivity contribution in [3.05, 3.63) is 35.4 Å². The summed E-state index contributed by atoms with van der Waals surface area (Å²) in [5.41, 5.74) is 6.93. The second-order valence-electron chi connectivity index (χ2n) is 4.50. The Labute approximate surface area is 114 Å². The van der Waals surface area contributed by atoms with Crippen molar-refractivity contribution in [1.29, 1.82) is 0 Å². The number of thiocarbonyl (C=S) groups is 1. The highest BCUT2D eigenvalue weighted by atomic mass is 32.1. The van der Waals surface area contributed by atoms with Crippen molar-refractivity contribution < 1.29 is 4.79 Å². The predicted octanol–water partition coefficient (Wildman–Crippen LogP) is 2.58. The standard InChI is InChI=1S/C14H20N2OS/c1-4-6-10(2)16(3)14(17)12-8-5-7-11(9-12)13(15)18/h5,7-10H,4,6H2,1-3H3,(H2,15,18). The molecular formula is C14H20N2OS. The lowest BCUT2D eigenvalue weighted by molar-refractivity contribution is 0.0737. The van der Waals surface area contributed by atoms with Gasteiger partial charge in [-0.15, -0.1) is 0 Å². The number of hydrogen-bond donors (Lipinski definition) is 1. The summed E-state index contributed by atoms with van der Waals surface area (Å²) in [5, 5.41) is 0. The van der Waals surface area contributed by atoms with E-state index in [-0.39, 0.29) is 11.9 Å². The van der Waals surface area contributed by atoms with Gasteiger partial charge in [0.25, 0.3) is 5.91 Å². The summed E-state index contributed by atoms with van der Waals surface area (Å²) in [6.07, 6.45) is 2.06. The molecule has 1 unspecified atom stereocenters. The smallest absolute Gasteiger partial charge is 0.253 e. The summed E-state index contributed by atoms with van der Waals surface area (Å²) in [7, 11) is 1.83. The summed E-state index contributed by atoms with van der Waals surface area (Å²) >= 11 is 4.92. The van der Waals surface area contributed by atoms with E-state index in [1.807, 2.05) is 13.1 Å². The third-order valence-corrected chi connectivity index (χ3v) is 3.32. The number of benzene rings is 1. The number of carbonyl (C=O) groups is 1. The molecule has 0 aliphatic rings. The highest BCUT2D eigenvalue weighted by Crippen LogP contribution is 2.12. The van der Waals surface area contributed by atoms with Crippen molar-refractivity contribution in [2.75, 3.05) is 7.05 Å². The Morgan fingerprint density at radius 1 is 1.44 bits per heavy atom. The van der Waals surface area contributed by atoms with Crippen molar-refractivity contribution >= 4 is 23.1 Å². The van der Waals surface area contributed by atoms with Gasteiger partial charge < -0.3 is 10.6 Å². The Bertz CT molecular complexity index is 445. The summed E-state index contributed by atoms with van der Waals surface area (Å²) in [6, 6.07) is 7.39. The van der Waals surface area contributed by atoms with Gasteiger partial charge in [-0.1, -0.05) is 37.7 Å². The van der Waals surface area contributed by atoms with E-state index in [1.165, 1.54) is 0 Å². The van der Waals surface area contributed by atoms with E-state index in [2.05, 4.69) is 13.8 Å². The maximum absolute atomic E-state index is 12.3. The normalized spacial score (nSPS) is 11.9. The molecule has 1 rings (SSSR count). The van der Waals surface area contributed by atoms with Crippen LogP contribution in [0.4, 0.5) is 0 Å². The molecule has 0 spiro atoms. The van der Waals surface area contributed by atoms with Crippen molar-refractivity contribution in [3.8, 4) is 0 Å². The van der Waals surface area contributed by atoms with E-state index >= 15 is 0 Å². The monoisotopic (exact) mass is 264 g/mol. The first-order valence-corrected chi connectivity index (χ1v) is 6.55. The van der Waals surface area contributed by atoms with Crippen molar-refractivity contribution in [2.45, 2.75) is 32.7 Å². The van der Waals surface area contributed by atoms with E-state index in [0.29, 0.717) is 10.6 Å². The quantitative estimate of drug-likeness (QED) is 0.831. The second-order valence-corrected chi connectivity index (χ2v) is 4.94. The minimum Gasteiger partial charge on any atom is -0.389 e. The van der Waals surface area contributed by atoms with Gasteiger partial charge in [0, 0.05) is 24.2 Å². The molecule has 98 valence electrons. The van der Waals surface area contributed by atoms with Crippen LogP contribution in [0.15, 0.2) is 24.3 Å². The second kappa shape index (κ2) is 6.50. The molecule has 1 atom stereocenters. The van der Waals surface area contributed by atoms with Crippen LogP contribution in [0.2, 0.25) is 0 Å². The largest absolute Gasteiger partial charge is 0.389 e. The van der Waals surface area contributed by atoms with E-state index < -0.39 is 0 Å². The first kappa shape index (κ1) is 14.6. The lowest BCUT2D eigenvalue weighted by atomic mass is 10.1. The van der Waals surface area contributed by atoms with Gasteiger partial charge in [0.15, 0.2) is 0 Å². The fraction of sp³-hybridized carbons (Fsp3) is 0.429. The number of nitrogens with two attached hydrogens (primary N) is 1. The number of rotatable bonds is 5. The van der Waals surface area contributed by atoms with Crippen molar-refractivity contribution in [1.82, 2.24) is 4.90 Å². The van der Waals surface area contributed by atoms with Gasteiger partial charge in [0.05, 0.1) is 0 Å². The van der Waals surface area contributed by atoms with Gasteiger partial charge in [-0.3, -0.25) is 4.79 Å². The molecule has 0 aromatic heterocycles. The summed E-state index contributed by atoms with van der Waals surface area (Å²) in [5.74, 6) is 0.00838. The van der Waals surface area contributed by atoms with Crippen LogP contribution in [0.5, 0.6) is 0 Å². The third-order valence-electron chi connectivity index (χ3n) is 3.08. The lowest BCUT2D eigenvalue weighted by Crippen LogP contribution is -2.35. The molecule has 1 amide bonds. The third kappa shape index (κ3) is 3.53. The summed E-state index contributed by atoms with van der Waals surface area (Å²) in [6.45, 7) is 4.17. The fourth-order valence-electron chi connectivity index (χ4n) is 1.82. The Morgan fingerprint density at radius 3 is 2.61 bits per heavy atom. The van der Waals surface area contributed by atoms with Gasteiger partial charge in [-0.2, -0.15) is 0 Å². The maximum Gasteiger partial charge on any atom is 0.253 e. The molecule has 1 aromatic carbocycles. The van der Waals surface area contributed by atoms with Crippen LogP contribution in [0.3, 0.4) is 0 Å². The van der Waals surface area contributed by atoms with Gasteiger partial charge in [-0.05, 0) is 25.5 Å². The molecule has 0 bridgehead atoms. The molecule has 3 nitrogen and oxygen atoms in total. The molecule has 0 saturated carbocycles. The van der Waals surface area contributed by atoms with Gasteiger partial charge in [0.1, 0.15) is 4.99 Å².